The minimum absolute atomic E-state index is 0.0616. The van der Waals surface area contributed by atoms with Crippen molar-refractivity contribution in [1.82, 2.24) is 19.8 Å². The number of rotatable bonds is 4. The molecule has 3 heterocycles. The fourth-order valence-corrected chi connectivity index (χ4v) is 4.77. The molecule has 0 N–H and O–H groups in total. The van der Waals surface area contributed by atoms with Crippen molar-refractivity contribution in [3.63, 3.8) is 0 Å². The molecule has 2 aromatic carbocycles. The Hall–Kier alpha value is -3.28. The van der Waals surface area contributed by atoms with Gasteiger partial charge in [-0.05, 0) is 37.0 Å². The molecule has 0 bridgehead atoms. The summed E-state index contributed by atoms with van der Waals surface area (Å²) in [6, 6.07) is 15.7. The van der Waals surface area contributed by atoms with Gasteiger partial charge in [-0.15, -0.1) is 0 Å². The highest BCUT2D eigenvalue weighted by Crippen LogP contribution is 2.41. The van der Waals surface area contributed by atoms with Gasteiger partial charge in [0.2, 0.25) is 5.91 Å². The molecular formula is C24H24N4O2. The molecule has 0 radical (unpaired) electrons. The van der Waals surface area contributed by atoms with E-state index < -0.39 is 5.41 Å². The van der Waals surface area contributed by atoms with Crippen LogP contribution in [0.4, 0.5) is 0 Å². The number of benzene rings is 2. The zero-order valence-corrected chi connectivity index (χ0v) is 16.8. The quantitative estimate of drug-likeness (QED) is 0.675. The van der Waals surface area contributed by atoms with Gasteiger partial charge in [0.25, 0.3) is 5.91 Å². The molecule has 1 atom stereocenters. The summed E-state index contributed by atoms with van der Waals surface area (Å²) in [5, 5.41) is 0. The van der Waals surface area contributed by atoms with E-state index >= 15 is 0 Å². The number of para-hydroxylation sites is 1. The Kier molecular flexibility index (Phi) is 4.69. The standard InChI is InChI=1S/C24H24N4O2/c29-22(19-7-4-8-20-21(19)26-13-12-25-20)28-16-11-24(17-28)10-15-27(23(24)30)14-9-18-5-2-1-3-6-18/h1-8,12-13H,9-11,14-17H2. The van der Waals surface area contributed by atoms with Crippen LogP contribution in [0.25, 0.3) is 11.0 Å². The molecule has 1 spiro atoms. The Morgan fingerprint density at radius 1 is 0.967 bits per heavy atom. The minimum atomic E-state index is -0.428. The SMILES string of the molecule is O=C(c1cccc2nccnc12)N1CCC2(CCN(CCc3ccccc3)C2=O)C1. The van der Waals surface area contributed by atoms with Gasteiger partial charge in [-0.1, -0.05) is 36.4 Å². The third-order valence-corrected chi connectivity index (χ3v) is 6.48. The molecule has 0 saturated carbocycles. The Balaban J connectivity index is 1.29. The summed E-state index contributed by atoms with van der Waals surface area (Å²) >= 11 is 0. The van der Waals surface area contributed by atoms with Crippen LogP contribution >= 0.6 is 0 Å². The highest BCUT2D eigenvalue weighted by Gasteiger charge is 2.51. The molecule has 6 heteroatoms. The molecule has 6 nitrogen and oxygen atoms in total. The summed E-state index contributed by atoms with van der Waals surface area (Å²) in [6.45, 7) is 2.60. The normalized spacial score (nSPS) is 21.1. The summed E-state index contributed by atoms with van der Waals surface area (Å²) in [6.07, 6.45) is 5.65. The number of carbonyl (C=O) groups excluding carboxylic acids is 2. The van der Waals surface area contributed by atoms with Crippen LogP contribution in [0, 0.1) is 5.41 Å². The Morgan fingerprint density at radius 3 is 2.63 bits per heavy atom. The van der Waals surface area contributed by atoms with Gasteiger partial charge in [0.1, 0.15) is 5.52 Å². The molecule has 2 fully saturated rings. The fraction of sp³-hybridized carbons (Fsp3) is 0.333. The van der Waals surface area contributed by atoms with Crippen molar-refractivity contribution >= 4 is 22.8 Å². The van der Waals surface area contributed by atoms with E-state index in [2.05, 4.69) is 22.1 Å². The maximum Gasteiger partial charge on any atom is 0.256 e. The lowest BCUT2D eigenvalue weighted by Gasteiger charge is -2.24. The van der Waals surface area contributed by atoms with Crippen molar-refractivity contribution in [2.75, 3.05) is 26.2 Å². The maximum atomic E-state index is 13.2. The number of aromatic nitrogens is 2. The van der Waals surface area contributed by atoms with E-state index in [1.807, 2.05) is 40.1 Å². The van der Waals surface area contributed by atoms with Crippen LogP contribution in [0.5, 0.6) is 0 Å². The van der Waals surface area contributed by atoms with E-state index in [1.54, 1.807) is 18.5 Å². The molecule has 1 unspecified atom stereocenters. The van der Waals surface area contributed by atoms with Gasteiger partial charge >= 0.3 is 0 Å². The highest BCUT2D eigenvalue weighted by atomic mass is 16.2. The summed E-state index contributed by atoms with van der Waals surface area (Å²) in [5.41, 5.74) is 2.70. The smallest absolute Gasteiger partial charge is 0.256 e. The van der Waals surface area contributed by atoms with Gasteiger partial charge in [-0.3, -0.25) is 19.6 Å². The molecule has 2 aliphatic rings. The average molecular weight is 400 g/mol. The molecule has 1 aromatic heterocycles. The second-order valence-corrected chi connectivity index (χ2v) is 8.26. The first-order valence-corrected chi connectivity index (χ1v) is 10.5. The lowest BCUT2D eigenvalue weighted by atomic mass is 9.85. The van der Waals surface area contributed by atoms with E-state index in [1.165, 1.54) is 5.56 Å². The molecule has 2 amide bonds. The van der Waals surface area contributed by atoms with Crippen LogP contribution in [0.2, 0.25) is 0 Å². The van der Waals surface area contributed by atoms with Crippen molar-refractivity contribution in [1.29, 1.82) is 0 Å². The first-order valence-electron chi connectivity index (χ1n) is 10.5. The number of likely N-dealkylation sites (tertiary alicyclic amines) is 2. The van der Waals surface area contributed by atoms with Crippen LogP contribution in [-0.4, -0.2) is 57.8 Å². The van der Waals surface area contributed by atoms with Gasteiger partial charge in [0.05, 0.1) is 16.5 Å². The predicted octanol–water partition coefficient (Wildman–Crippen LogP) is 2.94. The van der Waals surface area contributed by atoms with E-state index in [9.17, 15) is 9.59 Å². The first-order chi connectivity index (χ1) is 14.7. The van der Waals surface area contributed by atoms with Crippen molar-refractivity contribution in [3.8, 4) is 0 Å². The summed E-state index contributed by atoms with van der Waals surface area (Å²) < 4.78 is 0. The van der Waals surface area contributed by atoms with Crippen LogP contribution in [0.1, 0.15) is 28.8 Å². The number of hydrogen-bond acceptors (Lipinski definition) is 4. The highest BCUT2D eigenvalue weighted by molar-refractivity contribution is 6.05. The zero-order valence-electron chi connectivity index (χ0n) is 16.8. The van der Waals surface area contributed by atoms with Crippen molar-refractivity contribution in [3.05, 3.63) is 72.1 Å². The Bertz CT molecular complexity index is 1100. The number of fused-ring (bicyclic) bond motifs is 1. The van der Waals surface area contributed by atoms with Crippen LogP contribution in [0.3, 0.4) is 0 Å². The molecule has 2 aliphatic heterocycles. The fourth-order valence-electron chi connectivity index (χ4n) is 4.77. The molecule has 3 aromatic rings. The van der Waals surface area contributed by atoms with Gasteiger partial charge in [-0.2, -0.15) is 0 Å². The minimum Gasteiger partial charge on any atom is -0.342 e. The van der Waals surface area contributed by atoms with E-state index in [4.69, 9.17) is 0 Å². The number of nitrogens with zero attached hydrogens (tertiary/aromatic N) is 4. The van der Waals surface area contributed by atoms with Gasteiger partial charge < -0.3 is 9.80 Å². The monoisotopic (exact) mass is 400 g/mol. The summed E-state index contributed by atoms with van der Waals surface area (Å²) in [4.78, 5) is 38.9. The molecule has 0 aliphatic carbocycles. The Morgan fingerprint density at radius 2 is 1.77 bits per heavy atom. The first kappa shape index (κ1) is 18.7. The molecule has 152 valence electrons. The summed E-state index contributed by atoms with van der Waals surface area (Å²) in [5.74, 6) is 0.139. The number of amides is 2. The van der Waals surface area contributed by atoms with Crippen LogP contribution in [-0.2, 0) is 11.2 Å². The van der Waals surface area contributed by atoms with E-state index in [-0.39, 0.29) is 11.8 Å². The molecule has 5 rings (SSSR count). The predicted molar refractivity (Wildman–Crippen MR) is 114 cm³/mol. The third-order valence-electron chi connectivity index (χ3n) is 6.48. The van der Waals surface area contributed by atoms with Gasteiger partial charge in [0, 0.05) is 38.6 Å². The van der Waals surface area contributed by atoms with Gasteiger partial charge in [-0.25, -0.2) is 0 Å². The number of hydrogen-bond donors (Lipinski definition) is 0. The number of carbonyl (C=O) groups is 2. The van der Waals surface area contributed by atoms with Crippen LogP contribution < -0.4 is 0 Å². The molecular weight excluding hydrogens is 376 g/mol. The lowest BCUT2D eigenvalue weighted by Crippen LogP contribution is -2.39. The van der Waals surface area contributed by atoms with E-state index in [0.717, 1.165) is 32.4 Å². The maximum absolute atomic E-state index is 13.2. The molecule has 30 heavy (non-hydrogen) atoms. The van der Waals surface area contributed by atoms with Crippen LogP contribution in [0.15, 0.2) is 60.9 Å². The second kappa shape index (κ2) is 7.52. The lowest BCUT2D eigenvalue weighted by molar-refractivity contribution is -0.135. The topological polar surface area (TPSA) is 66.4 Å². The second-order valence-electron chi connectivity index (χ2n) is 8.26. The van der Waals surface area contributed by atoms with E-state index in [0.29, 0.717) is 29.7 Å². The molecule has 2 saturated heterocycles. The average Bonchev–Trinajstić information content (AvgIpc) is 3.37. The van der Waals surface area contributed by atoms with Crippen molar-refractivity contribution in [2.24, 2.45) is 5.41 Å². The third kappa shape index (κ3) is 3.22. The van der Waals surface area contributed by atoms with Crippen molar-refractivity contribution < 1.29 is 9.59 Å². The Labute approximate surface area is 175 Å². The van der Waals surface area contributed by atoms with Crippen molar-refractivity contribution in [2.45, 2.75) is 19.3 Å². The largest absolute Gasteiger partial charge is 0.342 e. The summed E-state index contributed by atoms with van der Waals surface area (Å²) in [7, 11) is 0. The zero-order chi connectivity index (χ0) is 20.6. The van der Waals surface area contributed by atoms with Gasteiger partial charge in [0.15, 0.2) is 0 Å².